The fourth-order valence-corrected chi connectivity index (χ4v) is 0.161. The molecule has 0 rings (SSSR count). The predicted molar refractivity (Wildman–Crippen MR) is 26.7 cm³/mol. The molecular formula is C3H9N3O2. The molecule has 0 aromatic rings. The molecule has 1 N–H and O–H groups in total. The second-order valence-electron chi connectivity index (χ2n) is 0.997. The highest BCUT2D eigenvalue weighted by Gasteiger charge is 1.83. The molecule has 0 saturated carbocycles. The van der Waals surface area contributed by atoms with E-state index in [1.54, 1.807) is 6.92 Å². The third kappa shape index (κ3) is 3.35. The minimum atomic E-state index is 0.240. The van der Waals surface area contributed by atoms with Crippen molar-refractivity contribution in [3.05, 3.63) is 5.21 Å². The molecule has 48 valence electrons. The van der Waals surface area contributed by atoms with E-state index in [0.717, 1.165) is 0 Å². The zero-order valence-corrected chi connectivity index (χ0v) is 4.92. The van der Waals surface area contributed by atoms with E-state index in [-0.39, 0.29) is 4.97 Å². The van der Waals surface area contributed by atoms with Crippen LogP contribution in [0.2, 0.25) is 0 Å². The summed E-state index contributed by atoms with van der Waals surface area (Å²) < 4.78 is 0. The van der Waals surface area contributed by atoms with E-state index in [4.69, 9.17) is 0 Å². The fourth-order valence-electron chi connectivity index (χ4n) is 0.161. The summed E-state index contributed by atoms with van der Waals surface area (Å²) in [6.07, 6.45) is 0. The van der Waals surface area contributed by atoms with Crippen molar-refractivity contribution in [2.75, 3.05) is 13.7 Å². The number of nitrogens with one attached hydrogen (secondary N) is 1. The van der Waals surface area contributed by atoms with E-state index in [1.807, 2.05) is 5.59 Å². The molecule has 0 amide bonds. The Labute approximate surface area is 47.5 Å². The molecule has 5 nitrogen and oxygen atoms in total. The molecule has 0 unspecified atom stereocenters. The van der Waals surface area contributed by atoms with Gasteiger partial charge in [-0.2, -0.15) is 0 Å². The Morgan fingerprint density at radius 3 is 2.88 bits per heavy atom. The topological polar surface area (TPSA) is 59.7 Å². The van der Waals surface area contributed by atoms with E-state index in [2.05, 4.69) is 9.95 Å². The maximum atomic E-state index is 10.1. The molecule has 0 aromatic carbocycles. The Morgan fingerprint density at radius 2 is 2.50 bits per heavy atom. The second kappa shape index (κ2) is 4.32. The molecule has 0 aromatic heterocycles. The van der Waals surface area contributed by atoms with Crippen LogP contribution in [0.4, 0.5) is 0 Å². The monoisotopic (exact) mass is 119 g/mol. The first-order valence-corrected chi connectivity index (χ1v) is 2.25. The van der Waals surface area contributed by atoms with Crippen LogP contribution in [-0.2, 0) is 4.84 Å². The SMILES string of the molecule is CCON[N+]([O-])=NC. The van der Waals surface area contributed by atoms with E-state index < -0.39 is 0 Å². The second-order valence-corrected chi connectivity index (χ2v) is 0.997. The first kappa shape index (κ1) is 7.16. The number of hydrogen-bond acceptors (Lipinski definition) is 3. The van der Waals surface area contributed by atoms with Gasteiger partial charge in [-0.05, 0) is 17.6 Å². The van der Waals surface area contributed by atoms with E-state index in [0.29, 0.717) is 6.61 Å². The van der Waals surface area contributed by atoms with Gasteiger partial charge in [0.25, 0.3) is 0 Å². The van der Waals surface area contributed by atoms with Crippen LogP contribution in [0.15, 0.2) is 5.11 Å². The molecule has 0 radical (unpaired) electrons. The van der Waals surface area contributed by atoms with Gasteiger partial charge >= 0.3 is 0 Å². The van der Waals surface area contributed by atoms with Crippen LogP contribution in [0, 0.1) is 5.21 Å². The van der Waals surface area contributed by atoms with Crippen LogP contribution < -0.4 is 5.59 Å². The van der Waals surface area contributed by atoms with Crippen LogP contribution in [0.3, 0.4) is 0 Å². The lowest BCUT2D eigenvalue weighted by molar-refractivity contribution is -0.643. The quantitative estimate of drug-likeness (QED) is 0.324. The van der Waals surface area contributed by atoms with Crippen molar-refractivity contribution in [3.63, 3.8) is 0 Å². The maximum absolute atomic E-state index is 10.1. The van der Waals surface area contributed by atoms with Gasteiger partial charge in [-0.1, -0.05) is 0 Å². The lowest BCUT2D eigenvalue weighted by Gasteiger charge is -1.97. The molecule has 0 bridgehead atoms. The van der Waals surface area contributed by atoms with Crippen molar-refractivity contribution < 1.29 is 9.81 Å². The molecule has 0 spiro atoms. The van der Waals surface area contributed by atoms with Gasteiger partial charge in [0.15, 0.2) is 0 Å². The van der Waals surface area contributed by atoms with Crippen molar-refractivity contribution in [1.82, 2.24) is 5.59 Å². The van der Waals surface area contributed by atoms with Crippen molar-refractivity contribution in [2.24, 2.45) is 5.11 Å². The third-order valence-electron chi connectivity index (χ3n) is 0.469. The van der Waals surface area contributed by atoms with E-state index in [9.17, 15) is 5.21 Å². The summed E-state index contributed by atoms with van der Waals surface area (Å²) in [4.78, 5) is 4.70. The summed E-state index contributed by atoms with van der Waals surface area (Å²) in [5.74, 6) is 0. The van der Waals surface area contributed by atoms with Gasteiger partial charge in [0, 0.05) is 0 Å². The molecule has 5 heteroatoms. The summed E-state index contributed by atoms with van der Waals surface area (Å²) in [6.45, 7) is 2.20. The van der Waals surface area contributed by atoms with Gasteiger partial charge in [-0.3, -0.25) is 0 Å². The molecular weight excluding hydrogens is 110 g/mol. The average molecular weight is 119 g/mol. The summed E-state index contributed by atoms with van der Waals surface area (Å²) in [6, 6.07) is 0. The Hall–Kier alpha value is -0.840. The number of hydrazine groups is 1. The standard InChI is InChI=1S/C3H9N3O2/c1-3-8-5-6(7)4-2/h3H2,1-2H3,(H,4,5). The summed E-state index contributed by atoms with van der Waals surface area (Å²) >= 11 is 0. The minimum Gasteiger partial charge on any atom is -0.570 e. The van der Waals surface area contributed by atoms with Gasteiger partial charge in [0.05, 0.1) is 18.6 Å². The first-order valence-electron chi connectivity index (χ1n) is 2.25. The zero-order chi connectivity index (χ0) is 6.41. The van der Waals surface area contributed by atoms with Crippen LogP contribution in [0.1, 0.15) is 6.92 Å². The molecule has 0 aliphatic heterocycles. The van der Waals surface area contributed by atoms with Crippen molar-refractivity contribution in [1.29, 1.82) is 0 Å². The molecule has 8 heavy (non-hydrogen) atoms. The highest BCUT2D eigenvalue weighted by molar-refractivity contribution is 3.97. The summed E-state index contributed by atoms with van der Waals surface area (Å²) in [5, 5.41) is 13.3. The maximum Gasteiger partial charge on any atom is 0.0954 e. The molecule has 0 atom stereocenters. The fraction of sp³-hybridized carbons (Fsp3) is 1.00. The van der Waals surface area contributed by atoms with Crippen LogP contribution in [-0.4, -0.2) is 18.6 Å². The van der Waals surface area contributed by atoms with E-state index in [1.165, 1.54) is 7.05 Å². The molecule has 0 aliphatic rings. The van der Waals surface area contributed by atoms with Gasteiger partial charge in [-0.25, -0.2) is 4.84 Å². The molecule has 0 saturated heterocycles. The van der Waals surface area contributed by atoms with Crippen LogP contribution >= 0.6 is 0 Å². The van der Waals surface area contributed by atoms with Crippen molar-refractivity contribution in [2.45, 2.75) is 6.92 Å². The summed E-state index contributed by atoms with van der Waals surface area (Å²) in [7, 11) is 1.36. The zero-order valence-electron chi connectivity index (χ0n) is 4.92. The Bertz CT molecular complexity index is 82.6. The highest BCUT2D eigenvalue weighted by atomic mass is 16.7. The Morgan fingerprint density at radius 1 is 1.88 bits per heavy atom. The average Bonchev–Trinajstić information content (AvgIpc) is 1.83. The smallest absolute Gasteiger partial charge is 0.0954 e. The predicted octanol–water partition coefficient (Wildman–Crippen LogP) is 0.0348. The largest absolute Gasteiger partial charge is 0.570 e. The van der Waals surface area contributed by atoms with Crippen molar-refractivity contribution in [3.8, 4) is 0 Å². The number of nitrogens with zero attached hydrogens (tertiary/aromatic N) is 2. The van der Waals surface area contributed by atoms with Gasteiger partial charge in [0.2, 0.25) is 0 Å². The van der Waals surface area contributed by atoms with Gasteiger partial charge in [-0.15, -0.1) is 0 Å². The molecule has 0 heterocycles. The number of rotatable bonds is 3. The molecule has 0 aliphatic carbocycles. The third-order valence-corrected chi connectivity index (χ3v) is 0.469. The Balaban J connectivity index is 3.12. The normalized spacial score (nSPS) is 11.5. The molecule has 0 fully saturated rings. The van der Waals surface area contributed by atoms with Crippen molar-refractivity contribution >= 4 is 0 Å². The van der Waals surface area contributed by atoms with Crippen LogP contribution in [0.25, 0.3) is 0 Å². The lowest BCUT2D eigenvalue weighted by Crippen LogP contribution is -2.22. The number of hydrogen-bond donors (Lipinski definition) is 1. The Kier molecular flexibility index (Phi) is 3.87. The summed E-state index contributed by atoms with van der Waals surface area (Å²) in [5.41, 5.74) is 1.99. The minimum absolute atomic E-state index is 0.240. The van der Waals surface area contributed by atoms with Gasteiger partial charge < -0.3 is 5.21 Å². The first-order chi connectivity index (χ1) is 3.81. The highest BCUT2D eigenvalue weighted by Crippen LogP contribution is 1.65. The van der Waals surface area contributed by atoms with Crippen LogP contribution in [0.5, 0.6) is 0 Å². The van der Waals surface area contributed by atoms with E-state index >= 15 is 0 Å². The van der Waals surface area contributed by atoms with Gasteiger partial charge in [0.1, 0.15) is 0 Å². The lowest BCUT2D eigenvalue weighted by atomic mass is 10.9.